The lowest BCUT2D eigenvalue weighted by molar-refractivity contribution is 0.660. The largest absolute Gasteiger partial charge is 0.455 e. The van der Waals surface area contributed by atoms with Gasteiger partial charge in [-0.1, -0.05) is 153 Å². The van der Waals surface area contributed by atoms with Crippen molar-refractivity contribution in [2.45, 2.75) is 19.3 Å². The standard InChI is InChI=1S/C53H36N2O/c1-53(2)45-22-12-11-20-43(45)50-44(21-13-23-46(50)53)48-32-47(54-52(55-48)35-17-7-4-8-18-35)39-29-37(33-14-5-3-6-15-33)28-38(30-39)36-25-26-41-42-27-24-34-16-9-10-19-40(34)51(42)56-49(41)31-36/h3-32H,1-2H3. The molecule has 0 atom stereocenters. The summed E-state index contributed by atoms with van der Waals surface area (Å²) in [7, 11) is 0. The lowest BCUT2D eigenvalue weighted by Gasteiger charge is -2.21. The minimum atomic E-state index is -0.118. The number of nitrogens with zero attached hydrogens (tertiary/aromatic N) is 2. The SMILES string of the molecule is CC1(C)c2ccccc2-c2c(-c3cc(-c4cc(-c5ccccc5)cc(-c5ccc6c(c5)oc5c7ccccc7ccc65)c4)nc(-c4ccccc4)n3)cccc21. The van der Waals surface area contributed by atoms with Crippen LogP contribution in [0.1, 0.15) is 25.0 Å². The minimum Gasteiger partial charge on any atom is -0.455 e. The molecule has 1 aliphatic rings. The normalized spacial score (nSPS) is 13.0. The van der Waals surface area contributed by atoms with Crippen LogP contribution in [0.15, 0.2) is 186 Å². The summed E-state index contributed by atoms with van der Waals surface area (Å²) >= 11 is 0. The predicted octanol–water partition coefficient (Wildman–Crippen LogP) is 14.2. The van der Waals surface area contributed by atoms with Crippen molar-refractivity contribution < 1.29 is 4.42 Å². The highest BCUT2D eigenvalue weighted by Crippen LogP contribution is 2.52. The molecule has 0 amide bonds. The second kappa shape index (κ2) is 12.5. The summed E-state index contributed by atoms with van der Waals surface area (Å²) in [5, 5.41) is 4.54. The molecule has 8 aromatic carbocycles. The fourth-order valence-electron chi connectivity index (χ4n) is 8.84. The van der Waals surface area contributed by atoms with Crippen molar-refractivity contribution >= 4 is 32.7 Å². The summed E-state index contributed by atoms with van der Waals surface area (Å²) in [5.41, 5.74) is 16.2. The van der Waals surface area contributed by atoms with Crippen LogP contribution in [0, 0.1) is 0 Å². The average Bonchev–Trinajstić information content (AvgIpc) is 3.76. The van der Waals surface area contributed by atoms with Gasteiger partial charge in [0, 0.05) is 38.3 Å². The highest BCUT2D eigenvalue weighted by atomic mass is 16.3. The molecule has 10 aromatic rings. The second-order valence-corrected chi connectivity index (χ2v) is 15.4. The Kier molecular flexibility index (Phi) is 7.20. The smallest absolute Gasteiger partial charge is 0.160 e. The Morgan fingerprint density at radius 3 is 1.89 bits per heavy atom. The molecular weight excluding hydrogens is 681 g/mol. The Balaban J connectivity index is 1.13. The summed E-state index contributed by atoms with van der Waals surface area (Å²) in [4.78, 5) is 10.6. The van der Waals surface area contributed by atoms with E-state index in [1.54, 1.807) is 0 Å². The van der Waals surface area contributed by atoms with Gasteiger partial charge in [-0.05, 0) is 92.4 Å². The van der Waals surface area contributed by atoms with E-state index in [1.807, 2.05) is 6.07 Å². The van der Waals surface area contributed by atoms with Crippen LogP contribution in [-0.4, -0.2) is 9.97 Å². The van der Waals surface area contributed by atoms with Crippen molar-refractivity contribution in [3.63, 3.8) is 0 Å². The van der Waals surface area contributed by atoms with Crippen LogP contribution in [0.2, 0.25) is 0 Å². The van der Waals surface area contributed by atoms with Crippen molar-refractivity contribution in [3.8, 4) is 67.3 Å². The van der Waals surface area contributed by atoms with E-state index in [1.165, 1.54) is 27.6 Å². The summed E-state index contributed by atoms with van der Waals surface area (Å²) in [6.07, 6.45) is 0. The van der Waals surface area contributed by atoms with Gasteiger partial charge in [-0.3, -0.25) is 0 Å². The first kappa shape index (κ1) is 32.3. The Morgan fingerprint density at radius 2 is 1.05 bits per heavy atom. The van der Waals surface area contributed by atoms with Crippen LogP contribution in [0.4, 0.5) is 0 Å². The number of rotatable bonds is 5. The van der Waals surface area contributed by atoms with E-state index in [0.717, 1.165) is 77.7 Å². The van der Waals surface area contributed by atoms with Crippen molar-refractivity contribution in [1.82, 2.24) is 9.97 Å². The number of hydrogen-bond donors (Lipinski definition) is 0. The molecule has 0 fully saturated rings. The number of aromatic nitrogens is 2. The Morgan fingerprint density at radius 1 is 0.411 bits per heavy atom. The van der Waals surface area contributed by atoms with Crippen molar-refractivity contribution in [2.24, 2.45) is 0 Å². The molecule has 0 unspecified atom stereocenters. The van der Waals surface area contributed by atoms with Gasteiger partial charge >= 0.3 is 0 Å². The van der Waals surface area contributed by atoms with Gasteiger partial charge in [0.25, 0.3) is 0 Å². The Bertz CT molecular complexity index is 3160. The molecule has 264 valence electrons. The maximum Gasteiger partial charge on any atom is 0.160 e. The van der Waals surface area contributed by atoms with Gasteiger partial charge in [-0.2, -0.15) is 0 Å². The third-order valence-electron chi connectivity index (χ3n) is 11.7. The molecule has 0 bridgehead atoms. The van der Waals surface area contributed by atoms with Gasteiger partial charge < -0.3 is 4.42 Å². The molecule has 0 N–H and O–H groups in total. The first-order chi connectivity index (χ1) is 27.5. The second-order valence-electron chi connectivity index (χ2n) is 15.4. The van der Waals surface area contributed by atoms with Crippen LogP contribution in [-0.2, 0) is 5.41 Å². The lowest BCUT2D eigenvalue weighted by Crippen LogP contribution is -2.14. The molecule has 0 radical (unpaired) electrons. The molecule has 0 saturated heterocycles. The highest BCUT2D eigenvalue weighted by Gasteiger charge is 2.36. The summed E-state index contributed by atoms with van der Waals surface area (Å²) in [6, 6.07) is 64.8. The zero-order valence-electron chi connectivity index (χ0n) is 31.1. The van der Waals surface area contributed by atoms with Crippen molar-refractivity contribution in [2.75, 3.05) is 0 Å². The van der Waals surface area contributed by atoms with E-state index in [0.29, 0.717) is 5.82 Å². The van der Waals surface area contributed by atoms with Crippen LogP contribution in [0.3, 0.4) is 0 Å². The fourth-order valence-corrected chi connectivity index (χ4v) is 8.84. The van der Waals surface area contributed by atoms with Gasteiger partial charge in [-0.25, -0.2) is 9.97 Å². The fraction of sp³-hybridized carbons (Fsp3) is 0.0566. The zero-order chi connectivity index (χ0) is 37.4. The van der Waals surface area contributed by atoms with Crippen LogP contribution in [0.25, 0.3) is 100.0 Å². The predicted molar refractivity (Wildman–Crippen MR) is 232 cm³/mol. The van der Waals surface area contributed by atoms with E-state index in [4.69, 9.17) is 14.4 Å². The molecule has 2 aromatic heterocycles. The number of furan rings is 1. The monoisotopic (exact) mass is 716 g/mol. The van der Waals surface area contributed by atoms with E-state index in [9.17, 15) is 0 Å². The maximum atomic E-state index is 6.64. The molecule has 3 nitrogen and oxygen atoms in total. The van der Waals surface area contributed by atoms with Gasteiger partial charge in [0.05, 0.1) is 11.4 Å². The van der Waals surface area contributed by atoms with E-state index >= 15 is 0 Å². The number of hydrogen-bond acceptors (Lipinski definition) is 3. The van der Waals surface area contributed by atoms with Crippen LogP contribution in [0.5, 0.6) is 0 Å². The van der Waals surface area contributed by atoms with Gasteiger partial charge in [0.1, 0.15) is 11.2 Å². The molecule has 11 rings (SSSR count). The van der Waals surface area contributed by atoms with Gasteiger partial charge in [0.15, 0.2) is 5.82 Å². The third-order valence-corrected chi connectivity index (χ3v) is 11.7. The van der Waals surface area contributed by atoms with E-state index in [2.05, 4.69) is 190 Å². The highest BCUT2D eigenvalue weighted by molar-refractivity contribution is 6.15. The maximum absolute atomic E-state index is 6.64. The lowest BCUT2D eigenvalue weighted by atomic mass is 9.82. The molecule has 3 heteroatoms. The Labute approximate surface area is 325 Å². The van der Waals surface area contributed by atoms with Crippen molar-refractivity contribution in [3.05, 3.63) is 193 Å². The number of fused-ring (bicyclic) bond motifs is 8. The van der Waals surface area contributed by atoms with Crippen LogP contribution >= 0.6 is 0 Å². The van der Waals surface area contributed by atoms with Crippen LogP contribution < -0.4 is 0 Å². The molecule has 0 spiro atoms. The van der Waals surface area contributed by atoms with E-state index in [-0.39, 0.29) is 5.41 Å². The summed E-state index contributed by atoms with van der Waals surface area (Å²) < 4.78 is 6.64. The molecule has 56 heavy (non-hydrogen) atoms. The quantitative estimate of drug-likeness (QED) is 0.178. The zero-order valence-corrected chi connectivity index (χ0v) is 31.1. The minimum absolute atomic E-state index is 0.118. The van der Waals surface area contributed by atoms with Gasteiger partial charge in [0.2, 0.25) is 0 Å². The average molecular weight is 717 g/mol. The molecule has 2 heterocycles. The molecule has 0 saturated carbocycles. The van der Waals surface area contributed by atoms with Gasteiger partial charge in [-0.15, -0.1) is 0 Å². The third kappa shape index (κ3) is 5.12. The first-order valence-corrected chi connectivity index (χ1v) is 19.2. The Hall–Kier alpha value is -7.10. The van der Waals surface area contributed by atoms with Crippen molar-refractivity contribution in [1.29, 1.82) is 0 Å². The summed E-state index contributed by atoms with van der Waals surface area (Å²) in [5.74, 6) is 0.698. The molecular formula is C53H36N2O. The topological polar surface area (TPSA) is 38.9 Å². The first-order valence-electron chi connectivity index (χ1n) is 19.2. The number of benzene rings is 8. The van der Waals surface area contributed by atoms with E-state index < -0.39 is 0 Å². The molecule has 0 aliphatic heterocycles. The summed E-state index contributed by atoms with van der Waals surface area (Å²) in [6.45, 7) is 4.65. The molecule has 1 aliphatic carbocycles.